The molecule has 3 atom stereocenters. The number of benzene rings is 1. The summed E-state index contributed by atoms with van der Waals surface area (Å²) in [7, 11) is 0. The summed E-state index contributed by atoms with van der Waals surface area (Å²) in [5, 5.41) is 10.6. The van der Waals surface area contributed by atoms with Crippen LogP contribution in [0.3, 0.4) is 0 Å². The van der Waals surface area contributed by atoms with Crippen molar-refractivity contribution >= 4 is 0 Å². The summed E-state index contributed by atoms with van der Waals surface area (Å²) >= 11 is 0. The van der Waals surface area contributed by atoms with E-state index in [4.69, 9.17) is 0 Å². The van der Waals surface area contributed by atoms with Gasteiger partial charge < -0.3 is 5.11 Å². The van der Waals surface area contributed by atoms with E-state index in [0.29, 0.717) is 12.3 Å². The molecular weight excluding hydrogens is 210 g/mol. The average molecular weight is 224 g/mol. The molecule has 86 valence electrons. The summed E-state index contributed by atoms with van der Waals surface area (Å²) in [4.78, 5) is 0. The quantitative estimate of drug-likeness (QED) is 0.777. The van der Waals surface area contributed by atoms with Crippen LogP contribution in [0.25, 0.3) is 0 Å². The minimum absolute atomic E-state index is 0.105. The number of hydrogen-bond acceptors (Lipinski definition) is 1. The van der Waals surface area contributed by atoms with Crippen molar-refractivity contribution in [1.29, 1.82) is 0 Å². The van der Waals surface area contributed by atoms with Crippen LogP contribution in [-0.4, -0.2) is 5.11 Å². The molecule has 0 radical (unpaired) electrons. The van der Waals surface area contributed by atoms with Crippen molar-refractivity contribution in [3.05, 3.63) is 35.4 Å². The number of fused-ring (bicyclic) bond motifs is 2. The largest absolute Gasteiger partial charge is 0.385 e. The van der Waals surface area contributed by atoms with Gasteiger partial charge in [0.2, 0.25) is 0 Å². The third-order valence-corrected chi connectivity index (χ3v) is 4.21. The lowest BCUT2D eigenvalue weighted by atomic mass is 9.79. The average Bonchev–Trinajstić information content (AvgIpc) is 2.81. The number of aliphatic hydroxyl groups is 1. The molecule has 2 aliphatic carbocycles. The smallest absolute Gasteiger partial charge is 0.129 e. The van der Waals surface area contributed by atoms with E-state index in [1.165, 1.54) is 0 Å². The Hall–Kier alpha value is -0.960. The summed E-state index contributed by atoms with van der Waals surface area (Å²) in [5.74, 6) is -0.379. The van der Waals surface area contributed by atoms with Gasteiger partial charge >= 0.3 is 0 Å². The molecule has 1 aromatic carbocycles. The van der Waals surface area contributed by atoms with Crippen LogP contribution in [0.15, 0.2) is 18.2 Å². The van der Waals surface area contributed by atoms with Crippen molar-refractivity contribution in [1.82, 2.24) is 0 Å². The molecule has 0 amide bonds. The highest BCUT2D eigenvalue weighted by molar-refractivity contribution is 5.28. The number of rotatable bonds is 1. The topological polar surface area (TPSA) is 20.2 Å². The Morgan fingerprint density at radius 1 is 1.25 bits per heavy atom. The third-order valence-electron chi connectivity index (χ3n) is 4.21. The molecule has 0 aliphatic heterocycles. The molecule has 2 fully saturated rings. The highest BCUT2D eigenvalue weighted by atomic mass is 19.1. The van der Waals surface area contributed by atoms with Gasteiger partial charge in [-0.25, -0.2) is 8.78 Å². The minimum atomic E-state index is -1.13. The maximum Gasteiger partial charge on any atom is 0.129 e. The molecule has 0 aromatic heterocycles. The first-order chi connectivity index (χ1) is 7.59. The Labute approximate surface area is 93.1 Å². The first-order valence-corrected chi connectivity index (χ1v) is 5.77. The third kappa shape index (κ3) is 1.31. The van der Waals surface area contributed by atoms with Crippen molar-refractivity contribution in [2.45, 2.75) is 31.3 Å². The maximum absolute atomic E-state index is 13.7. The molecule has 1 nitrogen and oxygen atoms in total. The van der Waals surface area contributed by atoms with Crippen LogP contribution in [-0.2, 0) is 5.60 Å². The van der Waals surface area contributed by atoms with Crippen LogP contribution >= 0.6 is 0 Å². The zero-order valence-electron chi connectivity index (χ0n) is 8.92. The lowest BCUT2D eigenvalue weighted by Crippen LogP contribution is -2.33. The zero-order valence-corrected chi connectivity index (χ0v) is 8.92. The summed E-state index contributed by atoms with van der Waals surface area (Å²) < 4.78 is 26.8. The van der Waals surface area contributed by atoms with E-state index in [0.717, 1.165) is 37.5 Å². The second-order valence-corrected chi connectivity index (χ2v) is 5.13. The molecule has 2 aliphatic rings. The molecular formula is C13H14F2O. The van der Waals surface area contributed by atoms with Gasteiger partial charge in [-0.05, 0) is 55.7 Å². The van der Waals surface area contributed by atoms with E-state index < -0.39 is 17.2 Å². The Kier molecular flexibility index (Phi) is 2.08. The van der Waals surface area contributed by atoms with Gasteiger partial charge in [-0.15, -0.1) is 0 Å². The second-order valence-electron chi connectivity index (χ2n) is 5.13. The molecule has 1 aromatic rings. The molecule has 0 spiro atoms. The monoisotopic (exact) mass is 224 g/mol. The molecule has 2 saturated carbocycles. The van der Waals surface area contributed by atoms with Gasteiger partial charge in [0.15, 0.2) is 0 Å². The summed E-state index contributed by atoms with van der Waals surface area (Å²) in [6.45, 7) is 0. The lowest BCUT2D eigenvalue weighted by Gasteiger charge is -2.33. The number of hydrogen-bond donors (Lipinski definition) is 1. The Morgan fingerprint density at radius 2 is 2.06 bits per heavy atom. The summed E-state index contributed by atoms with van der Waals surface area (Å²) in [5.41, 5.74) is -0.977. The van der Waals surface area contributed by atoms with Crippen molar-refractivity contribution in [2.75, 3.05) is 0 Å². The zero-order chi connectivity index (χ0) is 11.3. The van der Waals surface area contributed by atoms with Gasteiger partial charge in [0, 0.05) is 5.56 Å². The predicted molar refractivity (Wildman–Crippen MR) is 55.7 cm³/mol. The van der Waals surface area contributed by atoms with Gasteiger partial charge in [-0.3, -0.25) is 0 Å². The van der Waals surface area contributed by atoms with E-state index in [9.17, 15) is 13.9 Å². The molecule has 2 bridgehead atoms. The molecule has 1 N–H and O–H groups in total. The van der Waals surface area contributed by atoms with Crippen molar-refractivity contribution in [3.8, 4) is 0 Å². The highest BCUT2D eigenvalue weighted by Gasteiger charge is 2.51. The molecule has 3 rings (SSSR count). The van der Waals surface area contributed by atoms with E-state index in [-0.39, 0.29) is 11.5 Å². The fourth-order valence-corrected chi connectivity index (χ4v) is 3.46. The van der Waals surface area contributed by atoms with Gasteiger partial charge in [-0.1, -0.05) is 0 Å². The van der Waals surface area contributed by atoms with Gasteiger partial charge in [0.05, 0.1) is 5.60 Å². The van der Waals surface area contributed by atoms with Crippen LogP contribution in [0.2, 0.25) is 0 Å². The molecule has 0 saturated heterocycles. The fourth-order valence-electron chi connectivity index (χ4n) is 3.46. The molecule has 3 heteroatoms. The lowest BCUT2D eigenvalue weighted by molar-refractivity contribution is -0.0214. The summed E-state index contributed by atoms with van der Waals surface area (Å²) in [6.07, 6.45) is 3.57. The Morgan fingerprint density at radius 3 is 2.69 bits per heavy atom. The van der Waals surface area contributed by atoms with Crippen LogP contribution in [0.5, 0.6) is 0 Å². The SMILES string of the molecule is OC1(c2cc(F)ccc2F)CC2CCC1C2. The highest BCUT2D eigenvalue weighted by Crippen LogP contribution is 2.55. The van der Waals surface area contributed by atoms with Gasteiger partial charge in [0.25, 0.3) is 0 Å². The van der Waals surface area contributed by atoms with Gasteiger partial charge in [-0.2, -0.15) is 0 Å². The van der Waals surface area contributed by atoms with E-state index in [1.54, 1.807) is 0 Å². The molecule has 3 unspecified atom stereocenters. The van der Waals surface area contributed by atoms with Crippen LogP contribution in [0, 0.1) is 23.5 Å². The summed E-state index contributed by atoms with van der Waals surface area (Å²) in [6, 6.07) is 3.35. The molecule has 0 heterocycles. The van der Waals surface area contributed by atoms with Crippen LogP contribution in [0.1, 0.15) is 31.2 Å². The first kappa shape index (κ1) is 10.2. The van der Waals surface area contributed by atoms with Crippen molar-refractivity contribution < 1.29 is 13.9 Å². The second kappa shape index (κ2) is 3.27. The van der Waals surface area contributed by atoms with Crippen molar-refractivity contribution in [2.24, 2.45) is 11.8 Å². The van der Waals surface area contributed by atoms with Gasteiger partial charge in [0.1, 0.15) is 11.6 Å². The first-order valence-electron chi connectivity index (χ1n) is 5.77. The predicted octanol–water partition coefficient (Wildman–Crippen LogP) is 2.97. The minimum Gasteiger partial charge on any atom is -0.385 e. The molecule has 16 heavy (non-hydrogen) atoms. The normalized spacial score (nSPS) is 36.9. The Bertz CT molecular complexity index is 432. The van der Waals surface area contributed by atoms with Crippen LogP contribution in [0.4, 0.5) is 8.78 Å². The van der Waals surface area contributed by atoms with E-state index in [1.807, 2.05) is 0 Å². The van der Waals surface area contributed by atoms with E-state index >= 15 is 0 Å². The van der Waals surface area contributed by atoms with Crippen LogP contribution < -0.4 is 0 Å². The van der Waals surface area contributed by atoms with E-state index in [2.05, 4.69) is 0 Å². The van der Waals surface area contributed by atoms with Crippen molar-refractivity contribution in [3.63, 3.8) is 0 Å². The number of halogens is 2. The fraction of sp³-hybridized carbons (Fsp3) is 0.538. The maximum atomic E-state index is 13.7. The Balaban J connectivity index is 2.06. The standard InChI is InChI=1S/C13H14F2O/c14-10-3-4-12(15)11(6-10)13(16)7-8-1-2-9(13)5-8/h3-4,6,8-9,16H,1-2,5,7H2.